The van der Waals surface area contributed by atoms with Crippen LogP contribution in [0.2, 0.25) is 0 Å². The summed E-state index contributed by atoms with van der Waals surface area (Å²) in [4.78, 5) is 33.5. The summed E-state index contributed by atoms with van der Waals surface area (Å²) in [6.45, 7) is 0.0902. The summed E-state index contributed by atoms with van der Waals surface area (Å²) in [5.41, 5.74) is 0.904. The van der Waals surface area contributed by atoms with E-state index in [9.17, 15) is 14.4 Å². The average Bonchev–Trinajstić information content (AvgIpc) is 2.45. The quantitative estimate of drug-likeness (QED) is 0.617. The molecule has 0 aliphatic rings. The largest absolute Gasteiger partial charge is 0.480 e. The van der Waals surface area contributed by atoms with Crippen molar-refractivity contribution in [1.82, 2.24) is 5.32 Å². The van der Waals surface area contributed by atoms with Crippen molar-refractivity contribution in [2.45, 2.75) is 12.8 Å². The SMILES string of the molecule is COCCCC(=O)Nc1ccc(C(=O)NCC(=O)O)cc1. The number of hydrogen-bond acceptors (Lipinski definition) is 4. The van der Waals surface area contributed by atoms with E-state index in [2.05, 4.69) is 10.6 Å². The van der Waals surface area contributed by atoms with Crippen molar-refractivity contribution in [2.75, 3.05) is 25.6 Å². The van der Waals surface area contributed by atoms with Crippen molar-refractivity contribution >= 4 is 23.5 Å². The number of carboxylic acids is 1. The smallest absolute Gasteiger partial charge is 0.322 e. The summed E-state index contributed by atoms with van der Waals surface area (Å²) in [6, 6.07) is 6.21. The van der Waals surface area contributed by atoms with Crippen molar-refractivity contribution in [3.63, 3.8) is 0 Å². The highest BCUT2D eigenvalue weighted by Crippen LogP contribution is 2.10. The van der Waals surface area contributed by atoms with Crippen LogP contribution < -0.4 is 10.6 Å². The number of methoxy groups -OCH3 is 1. The molecule has 0 bridgehead atoms. The number of anilines is 1. The number of amides is 2. The van der Waals surface area contributed by atoms with Crippen LogP contribution >= 0.6 is 0 Å². The van der Waals surface area contributed by atoms with Gasteiger partial charge in [0.25, 0.3) is 5.91 Å². The van der Waals surface area contributed by atoms with Crippen LogP contribution in [-0.2, 0) is 14.3 Å². The predicted octanol–water partition coefficient (Wildman–Crippen LogP) is 0.866. The molecule has 0 aliphatic heterocycles. The Morgan fingerprint density at radius 3 is 2.43 bits per heavy atom. The maximum atomic E-state index is 11.6. The number of rotatable bonds is 8. The number of aliphatic carboxylic acids is 1. The van der Waals surface area contributed by atoms with Gasteiger partial charge in [-0.1, -0.05) is 0 Å². The summed E-state index contributed by atoms with van der Waals surface area (Å²) in [7, 11) is 1.58. The van der Waals surface area contributed by atoms with E-state index in [1.54, 1.807) is 19.2 Å². The van der Waals surface area contributed by atoms with Gasteiger partial charge in [0.1, 0.15) is 6.54 Å². The molecule has 21 heavy (non-hydrogen) atoms. The van der Waals surface area contributed by atoms with Crippen LogP contribution in [0.25, 0.3) is 0 Å². The molecule has 0 spiro atoms. The van der Waals surface area contributed by atoms with E-state index in [1.165, 1.54) is 12.1 Å². The first-order valence-corrected chi connectivity index (χ1v) is 6.41. The Kier molecular flexibility index (Phi) is 6.90. The Bertz CT molecular complexity index is 499. The molecule has 7 heteroatoms. The molecule has 0 radical (unpaired) electrons. The average molecular weight is 294 g/mol. The Balaban J connectivity index is 2.48. The molecule has 1 aromatic rings. The molecule has 0 atom stereocenters. The van der Waals surface area contributed by atoms with Gasteiger partial charge in [-0.2, -0.15) is 0 Å². The van der Waals surface area contributed by atoms with Crippen molar-refractivity contribution in [2.24, 2.45) is 0 Å². The van der Waals surface area contributed by atoms with E-state index in [0.717, 1.165) is 0 Å². The molecular weight excluding hydrogens is 276 g/mol. The fourth-order valence-electron chi connectivity index (χ4n) is 1.56. The molecule has 0 heterocycles. The minimum atomic E-state index is -1.11. The van der Waals surface area contributed by atoms with Crippen LogP contribution in [0.4, 0.5) is 5.69 Å². The third-order valence-electron chi connectivity index (χ3n) is 2.58. The number of hydrogen-bond donors (Lipinski definition) is 3. The van der Waals surface area contributed by atoms with Crippen LogP contribution in [0.1, 0.15) is 23.2 Å². The van der Waals surface area contributed by atoms with Crippen LogP contribution in [0.15, 0.2) is 24.3 Å². The Morgan fingerprint density at radius 1 is 1.19 bits per heavy atom. The molecule has 0 saturated carbocycles. The Labute approximate surface area is 122 Å². The normalized spacial score (nSPS) is 9.95. The minimum absolute atomic E-state index is 0.130. The first-order chi connectivity index (χ1) is 10.0. The summed E-state index contributed by atoms with van der Waals surface area (Å²) < 4.78 is 4.86. The second-order valence-electron chi connectivity index (χ2n) is 4.30. The van der Waals surface area contributed by atoms with E-state index in [-0.39, 0.29) is 5.91 Å². The van der Waals surface area contributed by atoms with E-state index in [1.807, 2.05) is 0 Å². The Morgan fingerprint density at radius 2 is 1.86 bits per heavy atom. The van der Waals surface area contributed by atoms with Gasteiger partial charge in [0, 0.05) is 31.4 Å². The number of nitrogens with one attached hydrogen (secondary N) is 2. The van der Waals surface area contributed by atoms with Gasteiger partial charge in [0.15, 0.2) is 0 Å². The lowest BCUT2D eigenvalue weighted by Crippen LogP contribution is -2.29. The van der Waals surface area contributed by atoms with Gasteiger partial charge in [-0.15, -0.1) is 0 Å². The van der Waals surface area contributed by atoms with Gasteiger partial charge >= 0.3 is 5.97 Å². The molecule has 114 valence electrons. The molecule has 1 aromatic carbocycles. The molecule has 0 unspecified atom stereocenters. The number of carboxylic acid groups (broad SMARTS) is 1. The molecule has 0 saturated heterocycles. The highest BCUT2D eigenvalue weighted by atomic mass is 16.5. The molecule has 1 rings (SSSR count). The number of benzene rings is 1. The maximum absolute atomic E-state index is 11.6. The van der Waals surface area contributed by atoms with Crippen molar-refractivity contribution < 1.29 is 24.2 Å². The monoisotopic (exact) mass is 294 g/mol. The van der Waals surface area contributed by atoms with Crippen LogP contribution in [0.5, 0.6) is 0 Å². The molecule has 2 amide bonds. The zero-order chi connectivity index (χ0) is 15.7. The van der Waals surface area contributed by atoms with Crippen LogP contribution in [0, 0.1) is 0 Å². The van der Waals surface area contributed by atoms with Gasteiger partial charge in [-0.3, -0.25) is 14.4 Å². The van der Waals surface area contributed by atoms with E-state index in [4.69, 9.17) is 9.84 Å². The zero-order valence-electron chi connectivity index (χ0n) is 11.7. The predicted molar refractivity (Wildman–Crippen MR) is 76.2 cm³/mol. The number of ether oxygens (including phenoxy) is 1. The lowest BCUT2D eigenvalue weighted by atomic mass is 10.2. The molecule has 0 fully saturated rings. The summed E-state index contributed by atoms with van der Waals surface area (Å²) in [5.74, 6) is -1.71. The summed E-state index contributed by atoms with van der Waals surface area (Å²) >= 11 is 0. The van der Waals surface area contributed by atoms with Gasteiger partial charge in [0.2, 0.25) is 5.91 Å². The van der Waals surface area contributed by atoms with Crippen LogP contribution in [0.3, 0.4) is 0 Å². The summed E-state index contributed by atoms with van der Waals surface area (Å²) in [5, 5.41) is 13.4. The summed E-state index contributed by atoms with van der Waals surface area (Å²) in [6.07, 6.45) is 0.993. The molecule has 0 aromatic heterocycles. The minimum Gasteiger partial charge on any atom is -0.480 e. The van der Waals surface area contributed by atoms with Crippen molar-refractivity contribution in [3.05, 3.63) is 29.8 Å². The highest BCUT2D eigenvalue weighted by molar-refractivity contribution is 5.97. The number of carbonyl (C=O) groups excluding carboxylic acids is 2. The maximum Gasteiger partial charge on any atom is 0.322 e. The third-order valence-corrected chi connectivity index (χ3v) is 2.58. The second kappa shape index (κ2) is 8.70. The second-order valence-corrected chi connectivity index (χ2v) is 4.30. The van der Waals surface area contributed by atoms with Crippen LogP contribution in [-0.4, -0.2) is 43.2 Å². The molecule has 3 N–H and O–H groups in total. The first-order valence-electron chi connectivity index (χ1n) is 6.41. The highest BCUT2D eigenvalue weighted by Gasteiger charge is 2.07. The van der Waals surface area contributed by atoms with E-state index < -0.39 is 18.4 Å². The molecule has 7 nitrogen and oxygen atoms in total. The standard InChI is InChI=1S/C14H18N2O5/c1-21-8-2-3-12(17)16-11-6-4-10(5-7-11)14(20)15-9-13(18)19/h4-7H,2-3,8-9H2,1H3,(H,15,20)(H,16,17)(H,18,19). The molecular formula is C14H18N2O5. The van der Waals surface area contributed by atoms with Crippen molar-refractivity contribution in [1.29, 1.82) is 0 Å². The molecule has 0 aliphatic carbocycles. The first kappa shape index (κ1) is 16.6. The fraction of sp³-hybridized carbons (Fsp3) is 0.357. The lowest BCUT2D eigenvalue weighted by Gasteiger charge is -2.06. The topological polar surface area (TPSA) is 105 Å². The van der Waals surface area contributed by atoms with E-state index in [0.29, 0.717) is 30.7 Å². The van der Waals surface area contributed by atoms with Gasteiger partial charge in [0.05, 0.1) is 0 Å². The van der Waals surface area contributed by atoms with Crippen molar-refractivity contribution in [3.8, 4) is 0 Å². The number of carbonyl (C=O) groups is 3. The van der Waals surface area contributed by atoms with Gasteiger partial charge in [-0.05, 0) is 30.7 Å². The Hall–Kier alpha value is -2.41. The lowest BCUT2D eigenvalue weighted by molar-refractivity contribution is -0.135. The van der Waals surface area contributed by atoms with E-state index >= 15 is 0 Å². The van der Waals surface area contributed by atoms with Gasteiger partial charge < -0.3 is 20.5 Å². The fourth-order valence-corrected chi connectivity index (χ4v) is 1.56. The van der Waals surface area contributed by atoms with Gasteiger partial charge in [-0.25, -0.2) is 0 Å². The third kappa shape index (κ3) is 6.53. The zero-order valence-corrected chi connectivity index (χ0v) is 11.7.